The van der Waals surface area contributed by atoms with Crippen molar-refractivity contribution in [3.05, 3.63) is 12.7 Å². The maximum absolute atomic E-state index is 10.7. The highest BCUT2D eigenvalue weighted by atomic mass is 16.6. The Balaban J connectivity index is 2.12. The monoisotopic (exact) mass is 155 g/mol. The summed E-state index contributed by atoms with van der Waals surface area (Å²) >= 11 is 0. The Kier molecular flexibility index (Phi) is 2.65. The van der Waals surface area contributed by atoms with E-state index in [1.807, 2.05) is 4.90 Å². The maximum Gasteiger partial charge on any atom is 0.307 e. The van der Waals surface area contributed by atoms with E-state index in [0.29, 0.717) is 6.42 Å². The fraction of sp³-hybridized carbons (Fsp3) is 0.625. The minimum absolute atomic E-state index is 0.0282. The Morgan fingerprint density at radius 1 is 1.91 bits per heavy atom. The number of carbonyl (C=O) groups is 1. The van der Waals surface area contributed by atoms with E-state index in [-0.39, 0.29) is 12.2 Å². The first-order chi connectivity index (χ1) is 5.27. The van der Waals surface area contributed by atoms with Gasteiger partial charge in [-0.15, -0.1) is 6.58 Å². The van der Waals surface area contributed by atoms with Crippen LogP contribution < -0.4 is 0 Å². The fourth-order valence-corrected chi connectivity index (χ4v) is 0.858. The number of hydrogen-bond donors (Lipinski definition) is 0. The lowest BCUT2D eigenvalue weighted by Gasteiger charge is -2.00. The zero-order valence-corrected chi connectivity index (χ0v) is 6.75. The second-order valence-corrected chi connectivity index (χ2v) is 2.54. The Hall–Kier alpha value is -0.830. The number of carbonyl (C=O) groups excluding carboxylic acids is 1. The van der Waals surface area contributed by atoms with Crippen LogP contribution in [0.1, 0.15) is 13.3 Å². The van der Waals surface area contributed by atoms with Gasteiger partial charge in [-0.1, -0.05) is 13.0 Å². The predicted octanol–water partition coefficient (Wildman–Crippen LogP) is 0.767. The molecule has 0 radical (unpaired) electrons. The number of rotatable bonds is 4. The van der Waals surface area contributed by atoms with Gasteiger partial charge in [-0.3, -0.25) is 9.69 Å². The van der Waals surface area contributed by atoms with Gasteiger partial charge in [-0.05, 0) is 0 Å². The summed E-state index contributed by atoms with van der Waals surface area (Å²) in [6, 6.07) is 0. The Morgan fingerprint density at radius 3 is 3.18 bits per heavy atom. The van der Waals surface area contributed by atoms with Gasteiger partial charge in [0, 0.05) is 13.0 Å². The van der Waals surface area contributed by atoms with Gasteiger partial charge in [0.1, 0.15) is 0 Å². The molecule has 0 aromatic rings. The van der Waals surface area contributed by atoms with Crippen molar-refractivity contribution in [2.45, 2.75) is 19.6 Å². The summed E-state index contributed by atoms with van der Waals surface area (Å²) in [5, 5.41) is 0. The van der Waals surface area contributed by atoms with Gasteiger partial charge >= 0.3 is 5.97 Å². The minimum Gasteiger partial charge on any atom is -0.445 e. The molecule has 0 saturated carbocycles. The fourth-order valence-electron chi connectivity index (χ4n) is 0.858. The molecule has 2 unspecified atom stereocenters. The molecule has 11 heavy (non-hydrogen) atoms. The first kappa shape index (κ1) is 8.27. The van der Waals surface area contributed by atoms with Crippen LogP contribution in [0, 0.1) is 0 Å². The molecule has 3 nitrogen and oxygen atoms in total. The first-order valence-electron chi connectivity index (χ1n) is 3.82. The lowest BCUT2D eigenvalue weighted by atomic mass is 10.5. The third kappa shape index (κ3) is 2.35. The zero-order chi connectivity index (χ0) is 8.27. The first-order valence-corrected chi connectivity index (χ1v) is 3.82. The summed E-state index contributed by atoms with van der Waals surface area (Å²) in [5.41, 5.74) is 0. The summed E-state index contributed by atoms with van der Waals surface area (Å²) < 4.78 is 5.01. The van der Waals surface area contributed by atoms with Crippen molar-refractivity contribution in [3.8, 4) is 0 Å². The number of hydrogen-bond acceptors (Lipinski definition) is 3. The van der Waals surface area contributed by atoms with Gasteiger partial charge in [0.2, 0.25) is 0 Å². The second-order valence-electron chi connectivity index (χ2n) is 2.54. The van der Waals surface area contributed by atoms with Crippen molar-refractivity contribution in [2.24, 2.45) is 0 Å². The van der Waals surface area contributed by atoms with Crippen molar-refractivity contribution >= 4 is 5.97 Å². The van der Waals surface area contributed by atoms with Gasteiger partial charge in [0.25, 0.3) is 0 Å². The van der Waals surface area contributed by atoms with E-state index in [2.05, 4.69) is 6.58 Å². The van der Waals surface area contributed by atoms with Crippen molar-refractivity contribution in [1.82, 2.24) is 4.90 Å². The molecule has 1 aliphatic heterocycles. The number of nitrogens with zero attached hydrogens (tertiary/aromatic N) is 1. The third-order valence-corrected chi connectivity index (χ3v) is 1.58. The van der Waals surface area contributed by atoms with Crippen LogP contribution in [0.25, 0.3) is 0 Å². The molecule has 0 spiro atoms. The molecule has 0 amide bonds. The third-order valence-electron chi connectivity index (χ3n) is 1.58. The van der Waals surface area contributed by atoms with Crippen LogP contribution in [-0.4, -0.2) is 30.2 Å². The van der Waals surface area contributed by atoms with E-state index >= 15 is 0 Å². The molecule has 1 fully saturated rings. The van der Waals surface area contributed by atoms with Crippen molar-refractivity contribution < 1.29 is 9.53 Å². The molecule has 0 N–H and O–H groups in total. The van der Waals surface area contributed by atoms with Gasteiger partial charge < -0.3 is 4.74 Å². The summed E-state index contributed by atoms with van der Waals surface area (Å²) in [7, 11) is 0. The van der Waals surface area contributed by atoms with E-state index in [0.717, 1.165) is 13.1 Å². The lowest BCUT2D eigenvalue weighted by Crippen LogP contribution is -2.10. The Morgan fingerprint density at radius 2 is 2.64 bits per heavy atom. The van der Waals surface area contributed by atoms with Gasteiger partial charge in [-0.2, -0.15) is 0 Å². The molecular formula is C8H13NO2. The van der Waals surface area contributed by atoms with E-state index in [1.54, 1.807) is 13.0 Å². The molecule has 1 heterocycles. The van der Waals surface area contributed by atoms with E-state index in [4.69, 9.17) is 4.74 Å². The Labute approximate surface area is 66.6 Å². The van der Waals surface area contributed by atoms with Crippen molar-refractivity contribution in [2.75, 3.05) is 13.1 Å². The molecule has 0 aliphatic carbocycles. The van der Waals surface area contributed by atoms with E-state index < -0.39 is 0 Å². The zero-order valence-electron chi connectivity index (χ0n) is 6.75. The molecule has 0 aromatic carbocycles. The van der Waals surface area contributed by atoms with Crippen LogP contribution in [0.15, 0.2) is 12.7 Å². The van der Waals surface area contributed by atoms with E-state index in [9.17, 15) is 4.79 Å². The lowest BCUT2D eigenvalue weighted by molar-refractivity contribution is -0.146. The molecular weight excluding hydrogens is 142 g/mol. The van der Waals surface area contributed by atoms with Crippen LogP contribution in [0.3, 0.4) is 0 Å². The van der Waals surface area contributed by atoms with Crippen LogP contribution in [0.5, 0.6) is 0 Å². The SMILES string of the molecule is C=CCN1CC1OC(=O)CC. The van der Waals surface area contributed by atoms with Crippen molar-refractivity contribution in [3.63, 3.8) is 0 Å². The van der Waals surface area contributed by atoms with Crippen molar-refractivity contribution in [1.29, 1.82) is 0 Å². The summed E-state index contributed by atoms with van der Waals surface area (Å²) in [4.78, 5) is 12.8. The molecule has 0 aromatic heterocycles. The average molecular weight is 155 g/mol. The topological polar surface area (TPSA) is 29.3 Å². The van der Waals surface area contributed by atoms with Gasteiger partial charge in [0.05, 0.1) is 6.54 Å². The second kappa shape index (κ2) is 3.53. The minimum atomic E-state index is -0.124. The van der Waals surface area contributed by atoms with Gasteiger partial charge in [-0.25, -0.2) is 0 Å². The van der Waals surface area contributed by atoms with Crippen LogP contribution >= 0.6 is 0 Å². The number of ether oxygens (including phenoxy) is 1. The predicted molar refractivity (Wildman–Crippen MR) is 41.9 cm³/mol. The molecule has 2 atom stereocenters. The molecule has 3 heteroatoms. The van der Waals surface area contributed by atoms with Crippen LogP contribution in [0.2, 0.25) is 0 Å². The molecule has 1 rings (SSSR count). The van der Waals surface area contributed by atoms with Crippen LogP contribution in [-0.2, 0) is 9.53 Å². The average Bonchev–Trinajstić information content (AvgIpc) is 2.69. The standard InChI is InChI=1S/C8H13NO2/c1-3-5-9-6-7(9)11-8(10)4-2/h3,7H,1,4-6H2,2H3. The van der Waals surface area contributed by atoms with E-state index in [1.165, 1.54) is 0 Å². The molecule has 0 bridgehead atoms. The smallest absolute Gasteiger partial charge is 0.307 e. The molecule has 1 saturated heterocycles. The largest absolute Gasteiger partial charge is 0.445 e. The summed E-state index contributed by atoms with van der Waals surface area (Å²) in [6.07, 6.45) is 2.29. The summed E-state index contributed by atoms with van der Waals surface area (Å²) in [6.45, 7) is 7.05. The Bertz CT molecular complexity index is 167. The normalized spacial score (nSPS) is 27.7. The maximum atomic E-state index is 10.7. The number of esters is 1. The highest BCUT2D eigenvalue weighted by molar-refractivity contribution is 5.69. The highest BCUT2D eigenvalue weighted by Crippen LogP contribution is 2.18. The highest BCUT2D eigenvalue weighted by Gasteiger charge is 2.35. The molecule has 1 aliphatic rings. The van der Waals surface area contributed by atoms with Crippen LogP contribution in [0.4, 0.5) is 0 Å². The quantitative estimate of drug-likeness (QED) is 0.341. The molecule has 62 valence electrons. The van der Waals surface area contributed by atoms with Gasteiger partial charge in [0.15, 0.2) is 6.23 Å². The summed E-state index contributed by atoms with van der Waals surface area (Å²) in [5.74, 6) is -0.124.